The highest BCUT2D eigenvalue weighted by Crippen LogP contribution is 2.15. The minimum Gasteiger partial charge on any atom is -0.480 e. The number of hydrogen-bond acceptors (Lipinski definition) is 2. The Labute approximate surface area is 117 Å². The van der Waals surface area contributed by atoms with E-state index < -0.39 is 11.5 Å². The first-order chi connectivity index (χ1) is 9.38. The Morgan fingerprint density at radius 1 is 1.30 bits per heavy atom. The van der Waals surface area contributed by atoms with E-state index in [1.165, 1.54) is 13.8 Å². The van der Waals surface area contributed by atoms with E-state index in [2.05, 4.69) is 10.3 Å². The van der Waals surface area contributed by atoms with E-state index in [0.717, 1.165) is 16.5 Å². The molecule has 0 aliphatic carbocycles. The number of nitrogens with one attached hydrogen (secondary N) is 2. The maximum atomic E-state index is 11.8. The molecule has 106 valence electrons. The van der Waals surface area contributed by atoms with Crippen LogP contribution in [0.4, 0.5) is 0 Å². The van der Waals surface area contributed by atoms with Gasteiger partial charge in [0.2, 0.25) is 5.91 Å². The third kappa shape index (κ3) is 3.17. The summed E-state index contributed by atoms with van der Waals surface area (Å²) in [5.41, 5.74) is 0.882. The van der Waals surface area contributed by atoms with Crippen LogP contribution < -0.4 is 5.32 Å². The summed E-state index contributed by atoms with van der Waals surface area (Å²) in [7, 11) is 0. The Morgan fingerprint density at radius 2 is 2.05 bits per heavy atom. The summed E-state index contributed by atoms with van der Waals surface area (Å²) in [5, 5.41) is 12.6. The van der Waals surface area contributed by atoms with Crippen molar-refractivity contribution in [2.24, 2.45) is 0 Å². The van der Waals surface area contributed by atoms with Crippen molar-refractivity contribution >= 4 is 22.8 Å². The van der Waals surface area contributed by atoms with Gasteiger partial charge in [0, 0.05) is 18.1 Å². The number of benzene rings is 1. The molecule has 0 saturated carbocycles. The Balaban J connectivity index is 1.94. The quantitative estimate of drug-likeness (QED) is 0.780. The Morgan fingerprint density at radius 3 is 2.75 bits per heavy atom. The molecule has 2 rings (SSSR count). The zero-order chi connectivity index (χ0) is 14.8. The number of amides is 1. The lowest BCUT2D eigenvalue weighted by Crippen LogP contribution is -2.49. The molecule has 0 saturated heterocycles. The molecule has 5 nitrogen and oxygen atoms in total. The van der Waals surface area contributed by atoms with Crippen molar-refractivity contribution < 1.29 is 14.7 Å². The minimum absolute atomic E-state index is 0.258. The van der Waals surface area contributed by atoms with Gasteiger partial charge in [0.05, 0.1) is 0 Å². The summed E-state index contributed by atoms with van der Waals surface area (Å²) in [5.74, 6) is -1.30. The second kappa shape index (κ2) is 5.36. The number of aromatic amines is 1. The third-order valence-corrected chi connectivity index (χ3v) is 3.25. The molecular formula is C15H18N2O3. The maximum absolute atomic E-state index is 11.8. The van der Waals surface area contributed by atoms with Gasteiger partial charge in [0.15, 0.2) is 0 Å². The maximum Gasteiger partial charge on any atom is 0.328 e. The van der Waals surface area contributed by atoms with Crippen LogP contribution in [0.15, 0.2) is 30.5 Å². The number of fused-ring (bicyclic) bond motifs is 1. The molecule has 1 heterocycles. The molecule has 1 aromatic carbocycles. The molecule has 3 N–H and O–H groups in total. The summed E-state index contributed by atoms with van der Waals surface area (Å²) in [4.78, 5) is 25.8. The summed E-state index contributed by atoms with van der Waals surface area (Å²) in [6.07, 6.45) is 2.73. The number of rotatable bonds is 5. The predicted octanol–water partition coefficient (Wildman–Crippen LogP) is 2.08. The lowest BCUT2D eigenvalue weighted by atomic mass is 10.0. The molecule has 0 spiro atoms. The highest BCUT2D eigenvalue weighted by Gasteiger charge is 2.28. The molecule has 0 unspecified atom stereocenters. The smallest absolute Gasteiger partial charge is 0.328 e. The molecule has 0 aliphatic rings. The fourth-order valence-corrected chi connectivity index (χ4v) is 1.98. The van der Waals surface area contributed by atoms with Gasteiger partial charge in [-0.2, -0.15) is 0 Å². The van der Waals surface area contributed by atoms with E-state index >= 15 is 0 Å². The van der Waals surface area contributed by atoms with Crippen LogP contribution in [0.2, 0.25) is 0 Å². The first-order valence-corrected chi connectivity index (χ1v) is 6.49. The highest BCUT2D eigenvalue weighted by atomic mass is 16.4. The van der Waals surface area contributed by atoms with E-state index in [1.807, 2.05) is 30.5 Å². The van der Waals surface area contributed by atoms with Crippen LogP contribution in [0.25, 0.3) is 10.9 Å². The average Bonchev–Trinajstić information content (AvgIpc) is 2.82. The van der Waals surface area contributed by atoms with Gasteiger partial charge < -0.3 is 15.4 Å². The number of hydrogen-bond donors (Lipinski definition) is 3. The van der Waals surface area contributed by atoms with Crippen LogP contribution in [-0.2, 0) is 16.0 Å². The average molecular weight is 274 g/mol. The number of aryl methyl sites for hydroxylation is 1. The fraction of sp³-hybridized carbons (Fsp3) is 0.333. The number of carboxylic acid groups (broad SMARTS) is 1. The minimum atomic E-state index is -1.23. The molecule has 5 heteroatoms. The summed E-state index contributed by atoms with van der Waals surface area (Å²) >= 11 is 0. The summed E-state index contributed by atoms with van der Waals surface area (Å²) in [6.45, 7) is 2.94. The standard InChI is InChI=1S/C15H18N2O3/c1-15(2,14(19)20)17-13(18)6-4-10-3-5-12-11(9-10)7-8-16-12/h3,5,7-9,16H,4,6H2,1-2H3,(H,17,18)(H,19,20). The molecule has 0 bridgehead atoms. The van der Waals surface area contributed by atoms with Gasteiger partial charge in [0.25, 0.3) is 0 Å². The van der Waals surface area contributed by atoms with E-state index in [0.29, 0.717) is 6.42 Å². The van der Waals surface area contributed by atoms with Gasteiger partial charge in [-0.25, -0.2) is 4.79 Å². The van der Waals surface area contributed by atoms with Crippen LogP contribution in [-0.4, -0.2) is 27.5 Å². The van der Waals surface area contributed by atoms with Crippen molar-refractivity contribution in [1.82, 2.24) is 10.3 Å². The van der Waals surface area contributed by atoms with Crippen LogP contribution in [0.5, 0.6) is 0 Å². The number of aliphatic carboxylic acids is 1. The number of carbonyl (C=O) groups excluding carboxylic acids is 1. The molecule has 0 radical (unpaired) electrons. The van der Waals surface area contributed by atoms with Crippen molar-refractivity contribution in [2.75, 3.05) is 0 Å². The van der Waals surface area contributed by atoms with Crippen molar-refractivity contribution in [3.8, 4) is 0 Å². The van der Waals surface area contributed by atoms with Crippen molar-refractivity contribution in [3.05, 3.63) is 36.0 Å². The largest absolute Gasteiger partial charge is 0.480 e. The van der Waals surface area contributed by atoms with Crippen molar-refractivity contribution in [1.29, 1.82) is 0 Å². The lowest BCUT2D eigenvalue weighted by molar-refractivity contribution is -0.146. The zero-order valence-electron chi connectivity index (χ0n) is 11.6. The molecule has 20 heavy (non-hydrogen) atoms. The number of carboxylic acids is 1. The molecule has 1 aromatic heterocycles. The zero-order valence-corrected chi connectivity index (χ0v) is 11.6. The number of aromatic nitrogens is 1. The van der Waals surface area contributed by atoms with Crippen molar-refractivity contribution in [3.63, 3.8) is 0 Å². The van der Waals surface area contributed by atoms with Crippen LogP contribution in [0.3, 0.4) is 0 Å². The Hall–Kier alpha value is -2.30. The van der Waals surface area contributed by atoms with Crippen LogP contribution >= 0.6 is 0 Å². The second-order valence-corrected chi connectivity index (χ2v) is 5.38. The molecule has 2 aromatic rings. The molecule has 0 fully saturated rings. The lowest BCUT2D eigenvalue weighted by Gasteiger charge is -2.20. The summed E-state index contributed by atoms with van der Waals surface area (Å²) in [6, 6.07) is 7.95. The number of H-pyrrole nitrogens is 1. The van der Waals surface area contributed by atoms with Crippen molar-refractivity contribution in [2.45, 2.75) is 32.2 Å². The Bertz CT molecular complexity index is 643. The molecule has 0 atom stereocenters. The van der Waals surface area contributed by atoms with E-state index in [1.54, 1.807) is 0 Å². The monoisotopic (exact) mass is 274 g/mol. The topological polar surface area (TPSA) is 82.2 Å². The Kier molecular flexibility index (Phi) is 3.79. The van der Waals surface area contributed by atoms with E-state index in [9.17, 15) is 9.59 Å². The van der Waals surface area contributed by atoms with Gasteiger partial charge in [0.1, 0.15) is 5.54 Å². The van der Waals surface area contributed by atoms with Gasteiger partial charge in [-0.15, -0.1) is 0 Å². The van der Waals surface area contributed by atoms with E-state index in [4.69, 9.17) is 5.11 Å². The van der Waals surface area contributed by atoms with Gasteiger partial charge in [-0.3, -0.25) is 4.79 Å². The fourth-order valence-electron chi connectivity index (χ4n) is 1.98. The normalized spacial score (nSPS) is 11.5. The SMILES string of the molecule is CC(C)(NC(=O)CCc1ccc2[nH]ccc2c1)C(=O)O. The highest BCUT2D eigenvalue weighted by molar-refractivity contribution is 5.86. The molecule has 1 amide bonds. The summed E-state index contributed by atoms with van der Waals surface area (Å²) < 4.78 is 0. The van der Waals surface area contributed by atoms with Gasteiger partial charge in [-0.05, 0) is 49.4 Å². The predicted molar refractivity (Wildman–Crippen MR) is 76.5 cm³/mol. The number of carbonyl (C=O) groups is 2. The van der Waals surface area contributed by atoms with Crippen LogP contribution in [0.1, 0.15) is 25.8 Å². The first kappa shape index (κ1) is 14.1. The molecular weight excluding hydrogens is 256 g/mol. The van der Waals surface area contributed by atoms with Crippen LogP contribution in [0, 0.1) is 0 Å². The molecule has 0 aliphatic heterocycles. The van der Waals surface area contributed by atoms with Gasteiger partial charge >= 0.3 is 5.97 Å². The van der Waals surface area contributed by atoms with Gasteiger partial charge in [-0.1, -0.05) is 6.07 Å². The second-order valence-electron chi connectivity index (χ2n) is 5.38. The van der Waals surface area contributed by atoms with E-state index in [-0.39, 0.29) is 12.3 Å². The first-order valence-electron chi connectivity index (χ1n) is 6.49. The third-order valence-electron chi connectivity index (χ3n) is 3.25.